The lowest BCUT2D eigenvalue weighted by atomic mass is 10.0. The first-order valence-corrected chi connectivity index (χ1v) is 8.08. The Morgan fingerprint density at radius 3 is 2.52 bits per heavy atom. The highest BCUT2D eigenvalue weighted by atomic mass is 16.5. The molecule has 132 valence electrons. The number of hydrogen-bond donors (Lipinski definition) is 1. The number of rotatable bonds is 6. The summed E-state index contributed by atoms with van der Waals surface area (Å²) in [6, 6.07) is 12.5. The van der Waals surface area contributed by atoms with Crippen molar-refractivity contribution in [2.75, 3.05) is 13.7 Å². The molecule has 0 unspecified atom stereocenters. The van der Waals surface area contributed by atoms with Gasteiger partial charge in [-0.15, -0.1) is 0 Å². The van der Waals surface area contributed by atoms with Crippen LogP contribution in [0.5, 0.6) is 5.75 Å². The topological polar surface area (TPSA) is 64.6 Å². The van der Waals surface area contributed by atoms with E-state index in [1.807, 2.05) is 39.0 Å². The second-order valence-corrected chi connectivity index (χ2v) is 5.94. The molecule has 0 bridgehead atoms. The predicted octanol–water partition coefficient (Wildman–Crippen LogP) is 3.35. The van der Waals surface area contributed by atoms with Crippen LogP contribution in [0.3, 0.4) is 0 Å². The Morgan fingerprint density at radius 2 is 1.84 bits per heavy atom. The number of methoxy groups -OCH3 is 1. The van der Waals surface area contributed by atoms with Crippen LogP contribution in [0.2, 0.25) is 0 Å². The van der Waals surface area contributed by atoms with Gasteiger partial charge in [0.15, 0.2) is 6.61 Å². The number of ether oxygens (including phenoxy) is 2. The molecule has 25 heavy (non-hydrogen) atoms. The van der Waals surface area contributed by atoms with Crippen LogP contribution in [-0.2, 0) is 9.53 Å². The first-order chi connectivity index (χ1) is 11.9. The lowest BCUT2D eigenvalue weighted by Crippen LogP contribution is -2.31. The molecule has 1 amide bonds. The quantitative estimate of drug-likeness (QED) is 0.819. The van der Waals surface area contributed by atoms with Crippen molar-refractivity contribution in [2.45, 2.75) is 26.8 Å². The number of hydrogen-bond acceptors (Lipinski definition) is 4. The van der Waals surface area contributed by atoms with Crippen LogP contribution >= 0.6 is 0 Å². The standard InChI is InChI=1S/C20H23NO4/c1-13-8-9-16(10-14(13)2)15(3)21-19(22)12-25-20(23)17-6-5-7-18(11-17)24-4/h5-11,15H,12H2,1-4H3,(H,21,22)/t15-/m1/s1. The van der Waals surface area contributed by atoms with Crippen molar-refractivity contribution < 1.29 is 19.1 Å². The normalized spacial score (nSPS) is 11.5. The first kappa shape index (κ1) is 18.5. The van der Waals surface area contributed by atoms with E-state index >= 15 is 0 Å². The summed E-state index contributed by atoms with van der Waals surface area (Å²) >= 11 is 0. The summed E-state index contributed by atoms with van der Waals surface area (Å²) in [5.41, 5.74) is 3.72. The number of esters is 1. The van der Waals surface area contributed by atoms with Gasteiger partial charge < -0.3 is 14.8 Å². The summed E-state index contributed by atoms with van der Waals surface area (Å²) in [7, 11) is 1.52. The third kappa shape index (κ3) is 5.08. The molecule has 0 saturated carbocycles. The highest BCUT2D eigenvalue weighted by Crippen LogP contribution is 2.17. The SMILES string of the molecule is COc1cccc(C(=O)OCC(=O)N[C@H](C)c2ccc(C)c(C)c2)c1. The lowest BCUT2D eigenvalue weighted by Gasteiger charge is -2.16. The zero-order valence-electron chi connectivity index (χ0n) is 15.0. The number of amides is 1. The molecule has 0 spiro atoms. The summed E-state index contributed by atoms with van der Waals surface area (Å²) < 4.78 is 10.1. The van der Waals surface area contributed by atoms with E-state index in [1.165, 1.54) is 18.2 Å². The minimum Gasteiger partial charge on any atom is -0.497 e. The van der Waals surface area contributed by atoms with Crippen molar-refractivity contribution >= 4 is 11.9 Å². The molecule has 0 aromatic heterocycles. The molecular formula is C20H23NO4. The Kier molecular flexibility index (Phi) is 6.17. The maximum atomic E-state index is 12.0. The van der Waals surface area contributed by atoms with E-state index in [9.17, 15) is 9.59 Å². The highest BCUT2D eigenvalue weighted by Gasteiger charge is 2.14. The van der Waals surface area contributed by atoms with Gasteiger partial charge in [0.1, 0.15) is 5.75 Å². The Bertz CT molecular complexity index is 770. The van der Waals surface area contributed by atoms with E-state index in [0.29, 0.717) is 11.3 Å². The van der Waals surface area contributed by atoms with Gasteiger partial charge in [0.25, 0.3) is 5.91 Å². The molecule has 1 N–H and O–H groups in total. The fourth-order valence-electron chi connectivity index (χ4n) is 2.36. The largest absolute Gasteiger partial charge is 0.497 e. The summed E-state index contributed by atoms with van der Waals surface area (Å²) in [6.45, 7) is 5.64. The van der Waals surface area contributed by atoms with Crippen LogP contribution in [-0.4, -0.2) is 25.6 Å². The summed E-state index contributed by atoms with van der Waals surface area (Å²) in [5, 5.41) is 2.83. The van der Waals surface area contributed by atoms with Crippen LogP contribution in [0.15, 0.2) is 42.5 Å². The van der Waals surface area contributed by atoms with E-state index in [2.05, 4.69) is 5.32 Å². The first-order valence-electron chi connectivity index (χ1n) is 8.08. The Balaban J connectivity index is 1.89. The Morgan fingerprint density at radius 1 is 1.08 bits per heavy atom. The molecule has 0 aliphatic rings. The number of benzene rings is 2. The molecule has 5 heteroatoms. The molecule has 0 heterocycles. The third-order valence-electron chi connectivity index (χ3n) is 4.05. The highest BCUT2D eigenvalue weighted by molar-refractivity contribution is 5.91. The van der Waals surface area contributed by atoms with Gasteiger partial charge in [0.05, 0.1) is 18.7 Å². The molecule has 0 aliphatic carbocycles. The Labute approximate surface area is 148 Å². The minimum absolute atomic E-state index is 0.165. The monoisotopic (exact) mass is 341 g/mol. The molecule has 0 saturated heterocycles. The van der Waals surface area contributed by atoms with Crippen molar-refractivity contribution in [3.05, 3.63) is 64.7 Å². The van der Waals surface area contributed by atoms with E-state index in [-0.39, 0.29) is 18.6 Å². The molecule has 2 rings (SSSR count). The number of carbonyl (C=O) groups is 2. The number of carbonyl (C=O) groups excluding carboxylic acids is 2. The average Bonchev–Trinajstić information content (AvgIpc) is 2.61. The predicted molar refractivity (Wildman–Crippen MR) is 95.8 cm³/mol. The van der Waals surface area contributed by atoms with Gasteiger partial charge in [-0.3, -0.25) is 4.79 Å². The molecular weight excluding hydrogens is 318 g/mol. The maximum Gasteiger partial charge on any atom is 0.338 e. The molecule has 5 nitrogen and oxygen atoms in total. The number of nitrogens with one attached hydrogen (secondary N) is 1. The fourth-order valence-corrected chi connectivity index (χ4v) is 2.36. The molecule has 0 aliphatic heterocycles. The maximum absolute atomic E-state index is 12.0. The van der Waals surface area contributed by atoms with E-state index < -0.39 is 5.97 Å². The van der Waals surface area contributed by atoms with E-state index in [0.717, 1.165) is 5.56 Å². The Hall–Kier alpha value is -2.82. The van der Waals surface area contributed by atoms with Gasteiger partial charge in [-0.2, -0.15) is 0 Å². The lowest BCUT2D eigenvalue weighted by molar-refractivity contribution is -0.124. The van der Waals surface area contributed by atoms with Crippen LogP contribution < -0.4 is 10.1 Å². The second-order valence-electron chi connectivity index (χ2n) is 5.94. The summed E-state index contributed by atoms with van der Waals surface area (Å²) in [5.74, 6) is -0.350. The molecule has 2 aromatic carbocycles. The summed E-state index contributed by atoms with van der Waals surface area (Å²) in [6.07, 6.45) is 0. The van der Waals surface area contributed by atoms with Gasteiger partial charge in [-0.25, -0.2) is 4.79 Å². The van der Waals surface area contributed by atoms with E-state index in [1.54, 1.807) is 24.3 Å². The summed E-state index contributed by atoms with van der Waals surface area (Å²) in [4.78, 5) is 24.0. The van der Waals surface area contributed by atoms with Crippen LogP contribution in [0.1, 0.15) is 40.0 Å². The zero-order valence-corrected chi connectivity index (χ0v) is 15.0. The third-order valence-corrected chi connectivity index (χ3v) is 4.05. The number of aryl methyl sites for hydroxylation is 2. The van der Waals surface area contributed by atoms with E-state index in [4.69, 9.17) is 9.47 Å². The fraction of sp³-hybridized carbons (Fsp3) is 0.300. The average molecular weight is 341 g/mol. The molecule has 0 fully saturated rings. The van der Waals surface area contributed by atoms with Gasteiger partial charge >= 0.3 is 5.97 Å². The van der Waals surface area contributed by atoms with Crippen LogP contribution in [0.25, 0.3) is 0 Å². The van der Waals surface area contributed by atoms with Crippen LogP contribution in [0.4, 0.5) is 0 Å². The zero-order chi connectivity index (χ0) is 18.4. The smallest absolute Gasteiger partial charge is 0.338 e. The molecule has 1 atom stereocenters. The van der Waals surface area contributed by atoms with Gasteiger partial charge in [-0.1, -0.05) is 24.3 Å². The van der Waals surface area contributed by atoms with Gasteiger partial charge in [0.2, 0.25) is 0 Å². The second kappa shape index (κ2) is 8.33. The van der Waals surface area contributed by atoms with Crippen molar-refractivity contribution in [3.8, 4) is 5.75 Å². The van der Waals surface area contributed by atoms with Crippen molar-refractivity contribution in [3.63, 3.8) is 0 Å². The molecule has 2 aromatic rings. The van der Waals surface area contributed by atoms with Crippen LogP contribution in [0, 0.1) is 13.8 Å². The van der Waals surface area contributed by atoms with Gasteiger partial charge in [-0.05, 0) is 55.7 Å². The minimum atomic E-state index is -0.562. The van der Waals surface area contributed by atoms with Crippen molar-refractivity contribution in [1.29, 1.82) is 0 Å². The van der Waals surface area contributed by atoms with Crippen molar-refractivity contribution in [2.24, 2.45) is 0 Å². The van der Waals surface area contributed by atoms with Crippen molar-refractivity contribution in [1.82, 2.24) is 5.32 Å². The molecule has 0 radical (unpaired) electrons. The van der Waals surface area contributed by atoms with Gasteiger partial charge in [0, 0.05) is 0 Å².